The van der Waals surface area contributed by atoms with Crippen molar-refractivity contribution in [3.63, 3.8) is 0 Å². The molecule has 3 rings (SSSR count). The quantitative estimate of drug-likeness (QED) is 0.484. The lowest BCUT2D eigenvalue weighted by Crippen LogP contribution is -2.30. The van der Waals surface area contributed by atoms with Crippen molar-refractivity contribution in [2.24, 2.45) is 5.14 Å². The third-order valence-electron chi connectivity index (χ3n) is 4.79. The number of primary sulfonamides is 1. The van der Waals surface area contributed by atoms with Gasteiger partial charge in [0.1, 0.15) is 5.75 Å². The maximum Gasteiger partial charge on any atom is 0.265 e. The van der Waals surface area contributed by atoms with Crippen molar-refractivity contribution in [1.82, 2.24) is 0 Å². The first-order chi connectivity index (χ1) is 15.4. The number of ketones is 1. The van der Waals surface area contributed by atoms with Crippen molar-refractivity contribution in [3.05, 3.63) is 87.9 Å². The van der Waals surface area contributed by atoms with Gasteiger partial charge in [-0.25, -0.2) is 13.6 Å². The molecule has 9 heteroatoms. The second-order valence-corrected chi connectivity index (χ2v) is 9.66. The molecular weight excluding hydrogens is 464 g/mol. The highest BCUT2D eigenvalue weighted by molar-refractivity contribution is 7.89. The van der Waals surface area contributed by atoms with Gasteiger partial charge < -0.3 is 10.1 Å². The average molecular weight is 487 g/mol. The number of hydrogen-bond donors (Lipinski definition) is 2. The summed E-state index contributed by atoms with van der Waals surface area (Å²) in [5, 5.41) is 8.08. The van der Waals surface area contributed by atoms with Crippen molar-refractivity contribution in [2.45, 2.75) is 31.8 Å². The maximum absolute atomic E-state index is 13.2. The first kappa shape index (κ1) is 24.4. The molecule has 172 valence electrons. The van der Waals surface area contributed by atoms with Crippen LogP contribution in [0, 0.1) is 13.8 Å². The van der Waals surface area contributed by atoms with Gasteiger partial charge in [-0.1, -0.05) is 28.8 Å². The van der Waals surface area contributed by atoms with Crippen molar-refractivity contribution in [1.29, 1.82) is 0 Å². The van der Waals surface area contributed by atoms with E-state index in [4.69, 9.17) is 21.5 Å². The molecule has 7 nitrogen and oxygen atoms in total. The molecule has 3 N–H and O–H groups in total. The van der Waals surface area contributed by atoms with E-state index < -0.39 is 22.0 Å². The van der Waals surface area contributed by atoms with Crippen LogP contribution in [-0.4, -0.2) is 26.2 Å². The molecule has 0 saturated carbocycles. The number of nitrogens with one attached hydrogen (secondary N) is 1. The van der Waals surface area contributed by atoms with Gasteiger partial charge in [-0.3, -0.25) is 9.59 Å². The molecule has 0 fully saturated rings. The third kappa shape index (κ3) is 6.19. The van der Waals surface area contributed by atoms with E-state index in [9.17, 15) is 18.0 Å². The molecule has 33 heavy (non-hydrogen) atoms. The lowest BCUT2D eigenvalue weighted by atomic mass is 9.99. The minimum absolute atomic E-state index is 0.0690. The Hall–Kier alpha value is -3.20. The fraction of sp³-hybridized carbons (Fsp3) is 0.167. The number of carbonyl (C=O) groups excluding carboxylic acids is 2. The van der Waals surface area contributed by atoms with Crippen LogP contribution in [0.4, 0.5) is 5.69 Å². The number of benzene rings is 3. The number of sulfonamides is 1. The summed E-state index contributed by atoms with van der Waals surface area (Å²) in [6.07, 6.45) is -0.963. The SMILES string of the molecule is Cc1cc(C)cc(C(=O)c2cc(Cl)ccc2OC(C)C(=O)Nc2ccc(S(N)(=O)=O)cc2)c1. The lowest BCUT2D eigenvalue weighted by Gasteiger charge is -2.17. The standard InChI is InChI=1S/C24H23ClN2O5S/c1-14-10-15(2)12-17(11-14)23(28)21-13-18(25)4-9-22(21)32-16(3)24(29)27-19-5-7-20(8-6-19)33(26,30)31/h4-13,16H,1-3H3,(H,27,29)(H2,26,30,31). The fourth-order valence-corrected chi connectivity index (χ4v) is 3.95. The van der Waals surface area contributed by atoms with Crippen molar-refractivity contribution in [2.75, 3.05) is 5.32 Å². The largest absolute Gasteiger partial charge is 0.480 e. The van der Waals surface area contributed by atoms with Crippen LogP contribution in [0.25, 0.3) is 0 Å². The highest BCUT2D eigenvalue weighted by Crippen LogP contribution is 2.27. The Morgan fingerprint density at radius 3 is 2.15 bits per heavy atom. The van der Waals surface area contributed by atoms with Crippen LogP contribution in [0.5, 0.6) is 5.75 Å². The number of nitrogens with two attached hydrogens (primary N) is 1. The van der Waals surface area contributed by atoms with E-state index in [1.165, 1.54) is 37.3 Å². The van der Waals surface area contributed by atoms with Gasteiger partial charge in [0, 0.05) is 16.3 Å². The summed E-state index contributed by atoms with van der Waals surface area (Å²) in [5.41, 5.74) is 3.00. The zero-order valence-electron chi connectivity index (χ0n) is 18.3. The summed E-state index contributed by atoms with van der Waals surface area (Å²) in [5.74, 6) is -0.542. The monoisotopic (exact) mass is 486 g/mol. The molecule has 1 unspecified atom stereocenters. The average Bonchev–Trinajstić information content (AvgIpc) is 2.73. The second-order valence-electron chi connectivity index (χ2n) is 7.66. The Morgan fingerprint density at radius 2 is 1.58 bits per heavy atom. The summed E-state index contributed by atoms with van der Waals surface area (Å²) >= 11 is 6.12. The van der Waals surface area contributed by atoms with E-state index in [2.05, 4.69) is 5.32 Å². The van der Waals surface area contributed by atoms with Gasteiger partial charge >= 0.3 is 0 Å². The molecule has 0 aliphatic carbocycles. The summed E-state index contributed by atoms with van der Waals surface area (Å²) in [4.78, 5) is 25.7. The minimum Gasteiger partial charge on any atom is -0.480 e. The Morgan fingerprint density at radius 1 is 0.970 bits per heavy atom. The third-order valence-corrected chi connectivity index (χ3v) is 5.96. The number of rotatable bonds is 7. The van der Waals surface area contributed by atoms with E-state index in [0.29, 0.717) is 16.3 Å². The number of amides is 1. The van der Waals surface area contributed by atoms with E-state index in [1.54, 1.807) is 24.3 Å². The first-order valence-electron chi connectivity index (χ1n) is 9.97. The van der Waals surface area contributed by atoms with Crippen LogP contribution in [-0.2, 0) is 14.8 Å². The number of ether oxygens (including phenoxy) is 1. The van der Waals surface area contributed by atoms with Gasteiger partial charge in [0.25, 0.3) is 5.91 Å². The fourth-order valence-electron chi connectivity index (χ4n) is 3.26. The van der Waals surface area contributed by atoms with Crippen molar-refractivity contribution in [3.8, 4) is 5.75 Å². The highest BCUT2D eigenvalue weighted by atomic mass is 35.5. The second kappa shape index (κ2) is 9.74. The van der Waals surface area contributed by atoms with Crippen LogP contribution >= 0.6 is 11.6 Å². The smallest absolute Gasteiger partial charge is 0.265 e. The van der Waals surface area contributed by atoms with E-state index in [-0.39, 0.29) is 22.0 Å². The molecule has 3 aromatic rings. The van der Waals surface area contributed by atoms with Gasteiger partial charge in [-0.15, -0.1) is 0 Å². The van der Waals surface area contributed by atoms with Gasteiger partial charge in [0.05, 0.1) is 10.5 Å². The Labute approximate surface area is 197 Å². The zero-order valence-corrected chi connectivity index (χ0v) is 19.8. The minimum atomic E-state index is -3.83. The predicted octanol–water partition coefficient (Wildman–Crippen LogP) is 4.24. The topological polar surface area (TPSA) is 116 Å². The molecule has 0 aliphatic heterocycles. The molecule has 0 bridgehead atoms. The summed E-state index contributed by atoms with van der Waals surface area (Å²) in [6.45, 7) is 5.34. The van der Waals surface area contributed by atoms with Crippen molar-refractivity contribution >= 4 is 39.0 Å². The molecule has 0 aromatic heterocycles. The van der Waals surface area contributed by atoms with Gasteiger partial charge in [-0.2, -0.15) is 0 Å². The van der Waals surface area contributed by atoms with E-state index in [1.807, 2.05) is 19.9 Å². The van der Waals surface area contributed by atoms with E-state index >= 15 is 0 Å². The summed E-state index contributed by atoms with van der Waals surface area (Å²) in [7, 11) is -3.83. The predicted molar refractivity (Wildman–Crippen MR) is 127 cm³/mol. The van der Waals surface area contributed by atoms with Crippen LogP contribution in [0.1, 0.15) is 34.0 Å². The van der Waals surface area contributed by atoms with Gasteiger partial charge in [0.2, 0.25) is 10.0 Å². The van der Waals surface area contributed by atoms with E-state index in [0.717, 1.165) is 11.1 Å². The Balaban J connectivity index is 1.80. The molecule has 0 aliphatic rings. The number of halogens is 1. The van der Waals surface area contributed by atoms with Crippen LogP contribution in [0.15, 0.2) is 65.6 Å². The van der Waals surface area contributed by atoms with Crippen LogP contribution in [0.2, 0.25) is 5.02 Å². The van der Waals surface area contributed by atoms with Gasteiger partial charge in [-0.05, 0) is 75.4 Å². The Bertz CT molecular complexity index is 1300. The lowest BCUT2D eigenvalue weighted by molar-refractivity contribution is -0.122. The molecule has 1 atom stereocenters. The summed E-state index contributed by atoms with van der Waals surface area (Å²) < 4.78 is 28.5. The zero-order chi connectivity index (χ0) is 24.3. The molecule has 0 spiro atoms. The highest BCUT2D eigenvalue weighted by Gasteiger charge is 2.21. The Kier molecular flexibility index (Phi) is 7.22. The molecule has 0 radical (unpaired) electrons. The number of carbonyl (C=O) groups is 2. The van der Waals surface area contributed by atoms with Crippen LogP contribution in [0.3, 0.4) is 0 Å². The first-order valence-corrected chi connectivity index (χ1v) is 11.9. The molecular formula is C24H23ClN2O5S. The molecule has 0 saturated heterocycles. The number of anilines is 1. The van der Waals surface area contributed by atoms with Crippen molar-refractivity contribution < 1.29 is 22.7 Å². The summed E-state index contributed by atoms with van der Waals surface area (Å²) in [6, 6.07) is 15.6. The molecule has 3 aromatic carbocycles. The normalized spacial score (nSPS) is 12.2. The molecule has 0 heterocycles. The number of hydrogen-bond acceptors (Lipinski definition) is 5. The molecule has 1 amide bonds. The number of aryl methyl sites for hydroxylation is 2. The van der Waals surface area contributed by atoms with Crippen LogP contribution < -0.4 is 15.2 Å². The van der Waals surface area contributed by atoms with Gasteiger partial charge in [0.15, 0.2) is 11.9 Å². The maximum atomic E-state index is 13.2.